The van der Waals surface area contributed by atoms with Crippen molar-refractivity contribution in [2.45, 2.75) is 12.3 Å². The Balaban J connectivity index is 1.53. The van der Waals surface area contributed by atoms with E-state index in [4.69, 9.17) is 0 Å². The molecule has 0 bridgehead atoms. The van der Waals surface area contributed by atoms with E-state index in [9.17, 15) is 18.0 Å². The Morgan fingerprint density at radius 1 is 0.733 bits per heavy atom. The van der Waals surface area contributed by atoms with Gasteiger partial charge in [-0.2, -0.15) is 0 Å². The average molecular weight is 423 g/mol. The lowest BCUT2D eigenvalue weighted by molar-refractivity contribution is -0.113. The zero-order valence-corrected chi connectivity index (χ0v) is 17.1. The van der Waals surface area contributed by atoms with Gasteiger partial charge in [0, 0.05) is 17.8 Å². The summed E-state index contributed by atoms with van der Waals surface area (Å²) in [4.78, 5) is 24.3. The Hall–Kier alpha value is -3.45. The maximum atomic E-state index is 12.3. The van der Waals surface area contributed by atoms with Gasteiger partial charge < -0.3 is 10.6 Å². The highest BCUT2D eigenvalue weighted by Gasteiger charge is 2.18. The van der Waals surface area contributed by atoms with Gasteiger partial charge in [-0.05, 0) is 35.4 Å². The first-order valence-corrected chi connectivity index (χ1v) is 11.2. The van der Waals surface area contributed by atoms with Crippen LogP contribution in [0.15, 0.2) is 84.9 Å². The van der Waals surface area contributed by atoms with Crippen molar-refractivity contribution in [3.63, 3.8) is 0 Å². The number of hydrogen-bond acceptors (Lipinski definition) is 4. The molecule has 0 atom stereocenters. The van der Waals surface area contributed by atoms with Crippen molar-refractivity contribution in [1.82, 2.24) is 5.32 Å². The number of benzene rings is 3. The summed E-state index contributed by atoms with van der Waals surface area (Å²) in [5, 5.41) is 5.39. The molecule has 0 aliphatic rings. The van der Waals surface area contributed by atoms with Crippen LogP contribution in [-0.2, 0) is 26.9 Å². The molecular formula is C23H22N2O4S. The van der Waals surface area contributed by atoms with Crippen molar-refractivity contribution in [3.05, 3.63) is 102 Å². The third-order valence-electron chi connectivity index (χ3n) is 4.31. The smallest absolute Gasteiger partial charge is 0.251 e. The van der Waals surface area contributed by atoms with Gasteiger partial charge in [0.25, 0.3) is 5.91 Å². The number of nitrogens with one attached hydrogen (secondary N) is 2. The van der Waals surface area contributed by atoms with Gasteiger partial charge in [-0.25, -0.2) is 8.42 Å². The number of sulfone groups is 1. The van der Waals surface area contributed by atoms with Crippen LogP contribution in [0.2, 0.25) is 0 Å². The molecule has 0 heterocycles. The molecule has 0 fully saturated rings. The van der Waals surface area contributed by atoms with Crippen molar-refractivity contribution in [3.8, 4) is 0 Å². The van der Waals surface area contributed by atoms with Crippen LogP contribution in [0, 0.1) is 0 Å². The third-order valence-corrected chi connectivity index (χ3v) is 5.78. The van der Waals surface area contributed by atoms with Gasteiger partial charge in [-0.15, -0.1) is 0 Å². The number of anilines is 1. The summed E-state index contributed by atoms with van der Waals surface area (Å²) in [6.07, 6.45) is 0. The molecule has 2 N–H and O–H groups in total. The summed E-state index contributed by atoms with van der Waals surface area (Å²) in [6, 6.07) is 24.6. The van der Waals surface area contributed by atoms with E-state index >= 15 is 0 Å². The summed E-state index contributed by atoms with van der Waals surface area (Å²) >= 11 is 0. The van der Waals surface area contributed by atoms with Gasteiger partial charge in [-0.3, -0.25) is 9.59 Å². The maximum absolute atomic E-state index is 12.3. The Kier molecular flexibility index (Phi) is 6.98. The maximum Gasteiger partial charge on any atom is 0.251 e. The minimum atomic E-state index is -3.65. The summed E-state index contributed by atoms with van der Waals surface area (Å²) in [6.45, 7) is 0.409. The fraction of sp³-hybridized carbons (Fsp3) is 0.130. The number of carbonyl (C=O) groups is 2. The van der Waals surface area contributed by atoms with E-state index in [0.717, 1.165) is 5.56 Å². The molecule has 7 heteroatoms. The number of carbonyl (C=O) groups excluding carboxylic acids is 2. The molecule has 0 radical (unpaired) electrons. The molecule has 0 saturated heterocycles. The molecule has 3 aromatic carbocycles. The van der Waals surface area contributed by atoms with Gasteiger partial charge in [0.1, 0.15) is 5.75 Å². The van der Waals surface area contributed by atoms with Crippen LogP contribution in [0.3, 0.4) is 0 Å². The molecule has 154 valence electrons. The first-order chi connectivity index (χ1) is 14.4. The van der Waals surface area contributed by atoms with Gasteiger partial charge in [0.2, 0.25) is 5.91 Å². The Bertz CT molecular complexity index is 1100. The van der Waals surface area contributed by atoms with Crippen molar-refractivity contribution < 1.29 is 18.0 Å². The van der Waals surface area contributed by atoms with E-state index in [0.29, 0.717) is 23.4 Å². The van der Waals surface area contributed by atoms with Crippen LogP contribution in [0.25, 0.3) is 0 Å². The lowest BCUT2D eigenvalue weighted by atomic mass is 10.1. The standard InChI is InChI=1S/C23H22N2O4S/c26-22(25-21-9-5-2-6-10-21)17-30(28,29)16-19-11-13-20(14-12-19)23(27)24-15-18-7-3-1-4-8-18/h1-14H,15-17H2,(H,24,27)(H,25,26). The van der Waals surface area contributed by atoms with Crippen molar-refractivity contribution in [2.24, 2.45) is 0 Å². The Labute approximate surface area is 175 Å². The van der Waals surface area contributed by atoms with Crippen LogP contribution in [-0.4, -0.2) is 26.0 Å². The number of para-hydroxylation sites is 1. The lowest BCUT2D eigenvalue weighted by Crippen LogP contribution is -2.24. The SMILES string of the molecule is O=C(CS(=O)(=O)Cc1ccc(C(=O)NCc2ccccc2)cc1)Nc1ccccc1. The van der Waals surface area contributed by atoms with Crippen LogP contribution < -0.4 is 10.6 Å². The lowest BCUT2D eigenvalue weighted by Gasteiger charge is -2.08. The van der Waals surface area contributed by atoms with E-state index < -0.39 is 21.5 Å². The monoisotopic (exact) mass is 422 g/mol. The van der Waals surface area contributed by atoms with Gasteiger partial charge in [-0.1, -0.05) is 60.7 Å². The van der Waals surface area contributed by atoms with Crippen LogP contribution in [0.4, 0.5) is 5.69 Å². The molecule has 0 unspecified atom stereocenters. The highest BCUT2D eigenvalue weighted by Crippen LogP contribution is 2.11. The van der Waals surface area contributed by atoms with Crippen molar-refractivity contribution >= 4 is 27.3 Å². The minimum Gasteiger partial charge on any atom is -0.348 e. The number of amides is 2. The molecule has 0 spiro atoms. The van der Waals surface area contributed by atoms with Gasteiger partial charge in [0.05, 0.1) is 5.75 Å². The molecular weight excluding hydrogens is 400 g/mol. The number of hydrogen-bond donors (Lipinski definition) is 2. The third kappa shape index (κ3) is 6.56. The van der Waals surface area contributed by atoms with E-state index in [2.05, 4.69) is 10.6 Å². The quantitative estimate of drug-likeness (QED) is 0.583. The second-order valence-electron chi connectivity index (χ2n) is 6.81. The topological polar surface area (TPSA) is 92.3 Å². The van der Waals surface area contributed by atoms with Gasteiger partial charge in [0.15, 0.2) is 9.84 Å². The summed E-state index contributed by atoms with van der Waals surface area (Å²) in [7, 11) is -3.65. The van der Waals surface area contributed by atoms with Crippen LogP contribution in [0.1, 0.15) is 21.5 Å². The Morgan fingerprint density at radius 3 is 1.97 bits per heavy atom. The fourth-order valence-electron chi connectivity index (χ4n) is 2.86. The van der Waals surface area contributed by atoms with E-state index in [-0.39, 0.29) is 11.7 Å². The van der Waals surface area contributed by atoms with E-state index in [1.54, 1.807) is 54.6 Å². The zero-order chi connectivity index (χ0) is 21.4. The first-order valence-electron chi connectivity index (χ1n) is 9.38. The second kappa shape index (κ2) is 9.84. The fourth-order valence-corrected chi connectivity index (χ4v) is 4.13. The molecule has 0 aliphatic carbocycles. The predicted octanol–water partition coefficient (Wildman–Crippen LogP) is 3.17. The number of rotatable bonds is 8. The second-order valence-corrected chi connectivity index (χ2v) is 8.88. The summed E-state index contributed by atoms with van der Waals surface area (Å²) in [5.41, 5.74) is 2.49. The summed E-state index contributed by atoms with van der Waals surface area (Å²) < 4.78 is 24.7. The molecule has 0 aromatic heterocycles. The van der Waals surface area contributed by atoms with Crippen molar-refractivity contribution in [1.29, 1.82) is 0 Å². The van der Waals surface area contributed by atoms with E-state index in [1.165, 1.54) is 0 Å². The molecule has 2 amide bonds. The zero-order valence-electron chi connectivity index (χ0n) is 16.2. The summed E-state index contributed by atoms with van der Waals surface area (Å²) in [5.74, 6) is -1.71. The van der Waals surface area contributed by atoms with Gasteiger partial charge >= 0.3 is 0 Å². The average Bonchev–Trinajstić information content (AvgIpc) is 2.73. The predicted molar refractivity (Wildman–Crippen MR) is 117 cm³/mol. The molecule has 3 rings (SSSR count). The Morgan fingerprint density at radius 2 is 1.33 bits per heavy atom. The highest BCUT2D eigenvalue weighted by molar-refractivity contribution is 7.91. The normalized spacial score (nSPS) is 10.9. The van der Waals surface area contributed by atoms with Crippen molar-refractivity contribution in [2.75, 3.05) is 11.1 Å². The molecule has 3 aromatic rings. The van der Waals surface area contributed by atoms with Crippen LogP contribution >= 0.6 is 0 Å². The largest absolute Gasteiger partial charge is 0.348 e. The minimum absolute atomic E-state index is 0.240. The van der Waals surface area contributed by atoms with Crippen LogP contribution in [0.5, 0.6) is 0 Å². The highest BCUT2D eigenvalue weighted by atomic mass is 32.2. The molecule has 6 nitrogen and oxygen atoms in total. The first kappa shape index (κ1) is 21.3. The van der Waals surface area contributed by atoms with E-state index in [1.807, 2.05) is 30.3 Å². The molecule has 0 aliphatic heterocycles. The molecule has 30 heavy (non-hydrogen) atoms. The molecule has 0 saturated carbocycles.